The number of nitrogens with zero attached hydrogens (tertiary/aromatic N) is 2. The van der Waals surface area contributed by atoms with E-state index in [9.17, 15) is 19.7 Å². The molecular weight excluding hydrogens is 398 g/mol. The lowest BCUT2D eigenvalue weighted by Gasteiger charge is -2.11. The van der Waals surface area contributed by atoms with Crippen molar-refractivity contribution < 1.29 is 19.2 Å². The number of carbonyl (C=O) groups excluding carboxylic acids is 2. The summed E-state index contributed by atoms with van der Waals surface area (Å²) in [5.41, 5.74) is 0.737. The summed E-state index contributed by atoms with van der Waals surface area (Å²) in [6.45, 7) is -0.350. The van der Waals surface area contributed by atoms with Crippen LogP contribution in [0.1, 0.15) is 10.4 Å². The fourth-order valence-corrected chi connectivity index (χ4v) is 3.26. The molecule has 0 aliphatic carbocycles. The van der Waals surface area contributed by atoms with Crippen molar-refractivity contribution in [3.63, 3.8) is 0 Å². The van der Waals surface area contributed by atoms with Gasteiger partial charge in [-0.3, -0.25) is 24.8 Å². The number of carbonyl (C=O) groups is 2. The highest BCUT2D eigenvalue weighted by molar-refractivity contribution is 7.98. The molecule has 3 rings (SSSR count). The normalized spacial score (nSPS) is 10.6. The SMILES string of the molecule is COc1cc([N+](=O)[O-])c(C(=O)NCC(=O)Nc2ccc3cn[nH]c3c2)cc1SC. The number of nitrogens with one attached hydrogen (secondary N) is 3. The van der Waals surface area contributed by atoms with Crippen LogP contribution in [0.5, 0.6) is 5.75 Å². The van der Waals surface area contributed by atoms with Crippen LogP contribution in [-0.2, 0) is 4.79 Å². The number of H-pyrrole nitrogens is 1. The van der Waals surface area contributed by atoms with Crippen LogP contribution in [0.15, 0.2) is 41.4 Å². The van der Waals surface area contributed by atoms with Gasteiger partial charge in [0.15, 0.2) is 0 Å². The van der Waals surface area contributed by atoms with Gasteiger partial charge in [0.25, 0.3) is 11.6 Å². The molecule has 0 saturated heterocycles. The van der Waals surface area contributed by atoms with Gasteiger partial charge in [-0.05, 0) is 30.5 Å². The molecule has 0 aliphatic rings. The van der Waals surface area contributed by atoms with Crippen molar-refractivity contribution in [1.29, 1.82) is 0 Å². The Kier molecular flexibility index (Phi) is 5.98. The molecule has 0 unspecified atom stereocenters. The van der Waals surface area contributed by atoms with Crippen LogP contribution in [-0.4, -0.2) is 46.8 Å². The van der Waals surface area contributed by atoms with E-state index in [-0.39, 0.29) is 12.1 Å². The van der Waals surface area contributed by atoms with Crippen LogP contribution in [0.4, 0.5) is 11.4 Å². The first-order chi connectivity index (χ1) is 13.9. The molecule has 3 N–H and O–H groups in total. The summed E-state index contributed by atoms with van der Waals surface area (Å²) in [5, 5.41) is 24.0. The number of rotatable bonds is 7. The summed E-state index contributed by atoms with van der Waals surface area (Å²) >= 11 is 1.28. The zero-order valence-electron chi connectivity index (χ0n) is 15.5. The number of anilines is 1. The van der Waals surface area contributed by atoms with Gasteiger partial charge in [-0.25, -0.2) is 0 Å². The van der Waals surface area contributed by atoms with E-state index in [0.29, 0.717) is 16.3 Å². The maximum Gasteiger partial charge on any atom is 0.285 e. The Morgan fingerprint density at radius 1 is 1.31 bits per heavy atom. The van der Waals surface area contributed by atoms with Crippen molar-refractivity contribution in [1.82, 2.24) is 15.5 Å². The summed E-state index contributed by atoms with van der Waals surface area (Å²) in [6.07, 6.45) is 3.42. The number of amides is 2. The molecule has 0 aliphatic heterocycles. The fraction of sp³-hybridized carbons (Fsp3) is 0.167. The number of aromatic amines is 1. The predicted molar refractivity (Wildman–Crippen MR) is 108 cm³/mol. The van der Waals surface area contributed by atoms with Crippen LogP contribution in [0.3, 0.4) is 0 Å². The van der Waals surface area contributed by atoms with Gasteiger partial charge in [0.2, 0.25) is 5.91 Å². The lowest BCUT2D eigenvalue weighted by molar-refractivity contribution is -0.385. The fourth-order valence-electron chi connectivity index (χ4n) is 2.68. The van der Waals surface area contributed by atoms with Crippen LogP contribution in [0, 0.1) is 10.1 Å². The highest BCUT2D eigenvalue weighted by Gasteiger charge is 2.24. The lowest BCUT2D eigenvalue weighted by Crippen LogP contribution is -2.33. The third-order valence-electron chi connectivity index (χ3n) is 4.08. The molecule has 0 saturated carbocycles. The summed E-state index contributed by atoms with van der Waals surface area (Å²) in [7, 11) is 1.39. The van der Waals surface area contributed by atoms with Crippen LogP contribution in [0.25, 0.3) is 10.9 Å². The molecule has 1 heterocycles. The number of nitro groups is 1. The second-order valence-corrected chi connectivity index (χ2v) is 6.73. The molecular formula is C18H17N5O5S. The Bertz CT molecular complexity index is 1100. The van der Waals surface area contributed by atoms with Crippen molar-refractivity contribution in [2.45, 2.75) is 4.90 Å². The highest BCUT2D eigenvalue weighted by Crippen LogP contribution is 2.34. The predicted octanol–water partition coefficient (Wildman–Crippen LogP) is 2.57. The van der Waals surface area contributed by atoms with E-state index in [1.165, 1.54) is 31.0 Å². The number of nitro benzene ring substituents is 1. The summed E-state index contributed by atoms with van der Waals surface area (Å²) in [5.74, 6) is -0.903. The van der Waals surface area contributed by atoms with E-state index in [0.717, 1.165) is 10.9 Å². The van der Waals surface area contributed by atoms with E-state index in [1.807, 2.05) is 0 Å². The zero-order chi connectivity index (χ0) is 21.0. The molecule has 3 aromatic rings. The summed E-state index contributed by atoms with van der Waals surface area (Å²) in [6, 6.07) is 7.77. The van der Waals surface area contributed by atoms with E-state index >= 15 is 0 Å². The minimum atomic E-state index is -0.728. The highest BCUT2D eigenvalue weighted by atomic mass is 32.2. The maximum atomic E-state index is 12.5. The first-order valence-corrected chi connectivity index (χ1v) is 9.57. The van der Waals surface area contributed by atoms with Gasteiger partial charge in [0.1, 0.15) is 11.3 Å². The molecule has 2 amide bonds. The molecule has 10 nitrogen and oxygen atoms in total. The number of hydrogen-bond donors (Lipinski definition) is 3. The molecule has 0 fully saturated rings. The first-order valence-electron chi connectivity index (χ1n) is 8.34. The molecule has 29 heavy (non-hydrogen) atoms. The van der Waals surface area contributed by atoms with Crippen molar-refractivity contribution in [2.24, 2.45) is 0 Å². The van der Waals surface area contributed by atoms with E-state index in [2.05, 4.69) is 20.8 Å². The first kappa shape index (κ1) is 20.1. The molecule has 0 spiro atoms. The largest absolute Gasteiger partial charge is 0.495 e. The maximum absolute atomic E-state index is 12.5. The molecule has 11 heteroatoms. The molecule has 0 radical (unpaired) electrons. The number of ether oxygens (including phenoxy) is 1. The smallest absolute Gasteiger partial charge is 0.285 e. The van der Waals surface area contributed by atoms with Gasteiger partial charge >= 0.3 is 0 Å². The second-order valence-electron chi connectivity index (χ2n) is 5.88. The number of fused-ring (bicyclic) bond motifs is 1. The third kappa shape index (κ3) is 4.46. The minimum absolute atomic E-state index is 0.146. The standard InChI is InChI=1S/C18H17N5O5S/c1-28-15-7-14(23(26)27)12(6-16(15)29-2)18(25)19-9-17(24)21-11-4-3-10-8-20-22-13(10)5-11/h3-8H,9H2,1-2H3,(H,19,25)(H,20,22)(H,21,24). The van der Waals surface area contributed by atoms with Gasteiger partial charge in [0.05, 0.1) is 41.3 Å². The summed E-state index contributed by atoms with van der Waals surface area (Å²) in [4.78, 5) is 35.9. The lowest BCUT2D eigenvalue weighted by atomic mass is 10.1. The van der Waals surface area contributed by atoms with Gasteiger partial charge in [-0.2, -0.15) is 5.10 Å². The van der Waals surface area contributed by atoms with Gasteiger partial charge in [-0.15, -0.1) is 11.8 Å². The molecule has 2 aromatic carbocycles. The average molecular weight is 415 g/mol. The quantitative estimate of drug-likeness (QED) is 0.306. The molecule has 1 aromatic heterocycles. The topological polar surface area (TPSA) is 139 Å². The molecule has 0 atom stereocenters. The van der Waals surface area contributed by atoms with Crippen LogP contribution >= 0.6 is 11.8 Å². The van der Waals surface area contributed by atoms with E-state index in [4.69, 9.17) is 4.74 Å². The molecule has 0 bridgehead atoms. The van der Waals surface area contributed by atoms with E-state index < -0.39 is 22.4 Å². The summed E-state index contributed by atoms with van der Waals surface area (Å²) < 4.78 is 5.12. The Hall–Kier alpha value is -3.60. The Morgan fingerprint density at radius 3 is 2.79 bits per heavy atom. The van der Waals surface area contributed by atoms with Crippen LogP contribution in [0.2, 0.25) is 0 Å². The Balaban J connectivity index is 1.70. The van der Waals surface area contributed by atoms with Gasteiger partial charge in [0, 0.05) is 11.1 Å². The average Bonchev–Trinajstić information content (AvgIpc) is 3.18. The number of benzene rings is 2. The van der Waals surface area contributed by atoms with Crippen molar-refractivity contribution in [2.75, 3.05) is 25.2 Å². The second kappa shape index (κ2) is 8.61. The van der Waals surface area contributed by atoms with Crippen LogP contribution < -0.4 is 15.4 Å². The van der Waals surface area contributed by atoms with Gasteiger partial charge < -0.3 is 15.4 Å². The Labute approximate surface area is 169 Å². The Morgan fingerprint density at radius 2 is 2.10 bits per heavy atom. The monoisotopic (exact) mass is 415 g/mol. The number of thioether (sulfide) groups is 1. The molecule has 150 valence electrons. The number of aromatic nitrogens is 2. The van der Waals surface area contributed by atoms with Crippen molar-refractivity contribution in [3.8, 4) is 5.75 Å². The van der Waals surface area contributed by atoms with Crippen molar-refractivity contribution >= 4 is 45.9 Å². The third-order valence-corrected chi connectivity index (χ3v) is 4.84. The van der Waals surface area contributed by atoms with Gasteiger partial charge in [-0.1, -0.05) is 0 Å². The number of methoxy groups -OCH3 is 1. The van der Waals surface area contributed by atoms with Crippen molar-refractivity contribution in [3.05, 3.63) is 52.2 Å². The minimum Gasteiger partial charge on any atom is -0.495 e. The zero-order valence-corrected chi connectivity index (χ0v) is 16.3. The van der Waals surface area contributed by atoms with E-state index in [1.54, 1.807) is 30.7 Å². The number of hydrogen-bond acceptors (Lipinski definition) is 7.